The van der Waals surface area contributed by atoms with Gasteiger partial charge in [0.25, 0.3) is 0 Å². The van der Waals surface area contributed by atoms with Gasteiger partial charge in [0.2, 0.25) is 0 Å². The summed E-state index contributed by atoms with van der Waals surface area (Å²) < 4.78 is 0. The maximum atomic E-state index is 6.13. The van der Waals surface area contributed by atoms with Gasteiger partial charge in [0.15, 0.2) is 0 Å². The largest absolute Gasteiger partial charge is 0.316 e. The molecule has 0 saturated heterocycles. The third-order valence-electron chi connectivity index (χ3n) is 2.63. The summed E-state index contributed by atoms with van der Waals surface area (Å²) in [5.74, 6) is 0. The van der Waals surface area contributed by atoms with E-state index in [0.29, 0.717) is 0 Å². The molecule has 88 valence electrons. The number of nitrogens with one attached hydrogen (secondary N) is 1. The molecule has 2 aromatic rings. The summed E-state index contributed by atoms with van der Waals surface area (Å²) in [6.45, 7) is 0.795. The van der Waals surface area contributed by atoms with Gasteiger partial charge in [-0.15, -0.1) is 0 Å². The molecule has 0 aliphatic rings. The number of pyridine rings is 1. The second-order valence-corrected chi connectivity index (χ2v) is 4.40. The summed E-state index contributed by atoms with van der Waals surface area (Å²) in [5, 5.41) is 3.94. The Morgan fingerprint density at radius 2 is 1.88 bits per heavy atom. The van der Waals surface area contributed by atoms with Gasteiger partial charge >= 0.3 is 0 Å². The molecule has 1 aromatic heterocycles. The SMILES string of the molecule is CNCc1cc(Cc2ccncc2)ccc1Cl. The summed E-state index contributed by atoms with van der Waals surface area (Å²) in [6.07, 6.45) is 4.55. The molecule has 1 aromatic carbocycles. The standard InChI is InChI=1S/C14H15ClN2/c1-16-10-13-9-12(2-3-14(13)15)8-11-4-6-17-7-5-11/h2-7,9,16H,8,10H2,1H3. The lowest BCUT2D eigenvalue weighted by molar-refractivity contribution is 0.816. The van der Waals surface area contributed by atoms with Crippen molar-refractivity contribution in [1.29, 1.82) is 0 Å². The van der Waals surface area contributed by atoms with Crippen LogP contribution in [0.2, 0.25) is 5.02 Å². The van der Waals surface area contributed by atoms with E-state index >= 15 is 0 Å². The predicted octanol–water partition coefficient (Wildman–Crippen LogP) is 3.05. The summed E-state index contributed by atoms with van der Waals surface area (Å²) in [4.78, 5) is 4.02. The van der Waals surface area contributed by atoms with Gasteiger partial charge in [0.1, 0.15) is 0 Å². The van der Waals surface area contributed by atoms with Gasteiger partial charge in [-0.25, -0.2) is 0 Å². The van der Waals surface area contributed by atoms with E-state index in [9.17, 15) is 0 Å². The molecule has 0 aliphatic carbocycles. The molecule has 1 N–H and O–H groups in total. The topological polar surface area (TPSA) is 24.9 Å². The third kappa shape index (κ3) is 3.29. The molecule has 0 aliphatic heterocycles. The Bertz CT molecular complexity index is 483. The fourth-order valence-corrected chi connectivity index (χ4v) is 1.98. The molecule has 0 radical (unpaired) electrons. The Morgan fingerprint density at radius 1 is 1.12 bits per heavy atom. The van der Waals surface area contributed by atoms with Crippen LogP contribution in [-0.2, 0) is 13.0 Å². The first-order chi connectivity index (χ1) is 8.29. The fourth-order valence-electron chi connectivity index (χ4n) is 1.80. The van der Waals surface area contributed by atoms with Crippen LogP contribution in [0, 0.1) is 0 Å². The molecule has 1 heterocycles. The van der Waals surface area contributed by atoms with Crippen molar-refractivity contribution in [1.82, 2.24) is 10.3 Å². The normalized spacial score (nSPS) is 10.5. The highest BCUT2D eigenvalue weighted by atomic mass is 35.5. The van der Waals surface area contributed by atoms with Crippen molar-refractivity contribution >= 4 is 11.6 Å². The van der Waals surface area contributed by atoms with Crippen molar-refractivity contribution in [2.24, 2.45) is 0 Å². The number of halogens is 1. The highest BCUT2D eigenvalue weighted by Crippen LogP contribution is 2.19. The second kappa shape index (κ2) is 5.80. The van der Waals surface area contributed by atoms with Crippen LogP contribution in [0.25, 0.3) is 0 Å². The molecule has 0 bridgehead atoms. The molecule has 3 heteroatoms. The summed E-state index contributed by atoms with van der Waals surface area (Å²) in [6, 6.07) is 10.3. The zero-order valence-electron chi connectivity index (χ0n) is 9.78. The minimum absolute atomic E-state index is 0.795. The van der Waals surface area contributed by atoms with Crippen LogP contribution in [0.4, 0.5) is 0 Å². The van der Waals surface area contributed by atoms with E-state index in [-0.39, 0.29) is 0 Å². The van der Waals surface area contributed by atoms with Crippen LogP contribution < -0.4 is 5.32 Å². The monoisotopic (exact) mass is 246 g/mol. The molecule has 17 heavy (non-hydrogen) atoms. The molecular weight excluding hydrogens is 232 g/mol. The Hall–Kier alpha value is -1.38. The number of benzene rings is 1. The highest BCUT2D eigenvalue weighted by molar-refractivity contribution is 6.31. The first kappa shape index (κ1) is 12.1. The average Bonchev–Trinajstić information content (AvgIpc) is 2.35. The highest BCUT2D eigenvalue weighted by Gasteiger charge is 2.02. The van der Waals surface area contributed by atoms with Gasteiger partial charge < -0.3 is 5.32 Å². The van der Waals surface area contributed by atoms with Crippen LogP contribution in [0.3, 0.4) is 0 Å². The van der Waals surface area contributed by atoms with E-state index in [1.807, 2.05) is 37.6 Å². The molecule has 0 unspecified atom stereocenters. The first-order valence-corrected chi connectivity index (χ1v) is 5.98. The Labute approximate surface area is 107 Å². The molecule has 0 spiro atoms. The van der Waals surface area contributed by atoms with Gasteiger partial charge in [0, 0.05) is 24.0 Å². The van der Waals surface area contributed by atoms with Gasteiger partial charge in [-0.1, -0.05) is 23.7 Å². The summed E-state index contributed by atoms with van der Waals surface area (Å²) in [5.41, 5.74) is 3.67. The van der Waals surface area contributed by atoms with E-state index in [2.05, 4.69) is 22.4 Å². The predicted molar refractivity (Wildman–Crippen MR) is 71.3 cm³/mol. The Balaban J connectivity index is 2.19. The Morgan fingerprint density at radius 3 is 2.59 bits per heavy atom. The Kier molecular flexibility index (Phi) is 4.13. The minimum atomic E-state index is 0.795. The van der Waals surface area contributed by atoms with Gasteiger partial charge in [-0.3, -0.25) is 4.98 Å². The zero-order chi connectivity index (χ0) is 12.1. The summed E-state index contributed by atoms with van der Waals surface area (Å²) in [7, 11) is 1.92. The number of rotatable bonds is 4. The number of hydrogen-bond acceptors (Lipinski definition) is 2. The van der Waals surface area contributed by atoms with Crippen molar-refractivity contribution in [3.05, 3.63) is 64.4 Å². The third-order valence-corrected chi connectivity index (χ3v) is 3.00. The van der Waals surface area contributed by atoms with Crippen LogP contribution in [0.1, 0.15) is 16.7 Å². The van der Waals surface area contributed by atoms with Crippen molar-refractivity contribution in [3.63, 3.8) is 0 Å². The smallest absolute Gasteiger partial charge is 0.0451 e. The van der Waals surface area contributed by atoms with E-state index in [1.165, 1.54) is 11.1 Å². The number of nitrogens with zero attached hydrogens (tertiary/aromatic N) is 1. The lowest BCUT2D eigenvalue weighted by Crippen LogP contribution is -2.06. The van der Waals surface area contributed by atoms with Crippen molar-refractivity contribution in [2.45, 2.75) is 13.0 Å². The molecule has 2 rings (SSSR count). The quantitative estimate of drug-likeness (QED) is 0.897. The average molecular weight is 247 g/mol. The molecule has 0 saturated carbocycles. The van der Waals surface area contributed by atoms with Crippen molar-refractivity contribution in [2.75, 3.05) is 7.05 Å². The van der Waals surface area contributed by atoms with Crippen LogP contribution >= 0.6 is 11.6 Å². The molecule has 0 amide bonds. The number of aromatic nitrogens is 1. The van der Waals surface area contributed by atoms with Gasteiger partial charge in [0.05, 0.1) is 0 Å². The van der Waals surface area contributed by atoms with Crippen LogP contribution in [0.5, 0.6) is 0 Å². The fraction of sp³-hybridized carbons (Fsp3) is 0.214. The maximum absolute atomic E-state index is 6.13. The maximum Gasteiger partial charge on any atom is 0.0451 e. The van der Waals surface area contributed by atoms with E-state index in [4.69, 9.17) is 11.6 Å². The molecule has 0 atom stereocenters. The van der Waals surface area contributed by atoms with Crippen molar-refractivity contribution in [3.8, 4) is 0 Å². The lowest BCUT2D eigenvalue weighted by Gasteiger charge is -2.07. The summed E-state index contributed by atoms with van der Waals surface area (Å²) >= 11 is 6.13. The van der Waals surface area contributed by atoms with E-state index in [0.717, 1.165) is 23.6 Å². The molecule has 2 nitrogen and oxygen atoms in total. The lowest BCUT2D eigenvalue weighted by atomic mass is 10.0. The number of hydrogen-bond donors (Lipinski definition) is 1. The van der Waals surface area contributed by atoms with Crippen molar-refractivity contribution < 1.29 is 0 Å². The molecule has 0 fully saturated rings. The second-order valence-electron chi connectivity index (χ2n) is 3.99. The van der Waals surface area contributed by atoms with Gasteiger partial charge in [-0.05, 0) is 48.4 Å². The van der Waals surface area contributed by atoms with E-state index in [1.54, 1.807) is 0 Å². The van der Waals surface area contributed by atoms with Crippen LogP contribution in [0.15, 0.2) is 42.7 Å². The first-order valence-electron chi connectivity index (χ1n) is 5.60. The zero-order valence-corrected chi connectivity index (χ0v) is 10.5. The minimum Gasteiger partial charge on any atom is -0.316 e. The van der Waals surface area contributed by atoms with E-state index < -0.39 is 0 Å². The van der Waals surface area contributed by atoms with Crippen LogP contribution in [-0.4, -0.2) is 12.0 Å². The van der Waals surface area contributed by atoms with Gasteiger partial charge in [-0.2, -0.15) is 0 Å². The molecular formula is C14H15ClN2.